The first-order valence-corrected chi connectivity index (χ1v) is 6.01. The highest BCUT2D eigenvalue weighted by Gasteiger charge is 2.13. The van der Waals surface area contributed by atoms with Crippen molar-refractivity contribution < 1.29 is 9.59 Å². The minimum Gasteiger partial charge on any atom is -0.325 e. The number of carbonyl (C=O) groups excluding carboxylic acids is 2. The summed E-state index contributed by atoms with van der Waals surface area (Å²) in [7, 11) is 0. The van der Waals surface area contributed by atoms with Crippen molar-refractivity contribution >= 4 is 17.7 Å². The fourth-order valence-corrected chi connectivity index (χ4v) is 1.55. The number of nitrogens with one attached hydrogen (secondary N) is 2. The standard InChI is InChI=1S/C13H19N3O2/c1-4-16(5-2)13(18)15-12(17)14-11-9-7-6-8-10(11)3/h6-9H,4-5H2,1-3H3,(H2,14,15,17,18). The molecule has 18 heavy (non-hydrogen) atoms. The molecule has 0 atom stereocenters. The summed E-state index contributed by atoms with van der Waals surface area (Å²) in [6, 6.07) is 6.50. The van der Waals surface area contributed by atoms with Crippen molar-refractivity contribution in [2.24, 2.45) is 0 Å². The molecule has 4 amide bonds. The second-order valence-electron chi connectivity index (χ2n) is 3.87. The molecule has 98 valence electrons. The van der Waals surface area contributed by atoms with Gasteiger partial charge < -0.3 is 10.2 Å². The van der Waals surface area contributed by atoms with Crippen molar-refractivity contribution in [3.05, 3.63) is 29.8 Å². The Morgan fingerprint density at radius 1 is 1.17 bits per heavy atom. The summed E-state index contributed by atoms with van der Waals surface area (Å²) < 4.78 is 0. The van der Waals surface area contributed by atoms with Crippen LogP contribution in [0.3, 0.4) is 0 Å². The first-order chi connectivity index (χ1) is 8.58. The van der Waals surface area contributed by atoms with Gasteiger partial charge in [0.25, 0.3) is 0 Å². The molecule has 0 fully saturated rings. The SMILES string of the molecule is CCN(CC)C(=O)NC(=O)Nc1ccccc1C. The summed E-state index contributed by atoms with van der Waals surface area (Å²) in [4.78, 5) is 24.8. The highest BCUT2D eigenvalue weighted by Crippen LogP contribution is 2.12. The van der Waals surface area contributed by atoms with E-state index in [0.717, 1.165) is 5.56 Å². The van der Waals surface area contributed by atoms with E-state index in [-0.39, 0.29) is 6.03 Å². The molecular formula is C13H19N3O2. The van der Waals surface area contributed by atoms with Crippen LogP contribution in [-0.2, 0) is 0 Å². The zero-order valence-electron chi connectivity index (χ0n) is 11.0. The number of imide groups is 1. The molecule has 1 aromatic rings. The molecule has 0 bridgehead atoms. The quantitative estimate of drug-likeness (QED) is 0.864. The third-order valence-corrected chi connectivity index (χ3v) is 2.66. The smallest absolute Gasteiger partial charge is 0.325 e. The van der Waals surface area contributed by atoms with Crippen molar-refractivity contribution in [3.8, 4) is 0 Å². The zero-order chi connectivity index (χ0) is 13.5. The van der Waals surface area contributed by atoms with Gasteiger partial charge in [-0.25, -0.2) is 9.59 Å². The van der Waals surface area contributed by atoms with Crippen molar-refractivity contribution in [2.75, 3.05) is 18.4 Å². The van der Waals surface area contributed by atoms with Gasteiger partial charge in [-0.15, -0.1) is 0 Å². The summed E-state index contributed by atoms with van der Waals surface area (Å²) in [6.45, 7) is 6.76. The molecule has 0 unspecified atom stereocenters. The van der Waals surface area contributed by atoms with Crippen molar-refractivity contribution in [3.63, 3.8) is 0 Å². The molecular weight excluding hydrogens is 230 g/mol. The zero-order valence-corrected chi connectivity index (χ0v) is 11.0. The van der Waals surface area contributed by atoms with E-state index in [9.17, 15) is 9.59 Å². The first kappa shape index (κ1) is 14.0. The van der Waals surface area contributed by atoms with Gasteiger partial charge in [-0.05, 0) is 32.4 Å². The molecule has 0 radical (unpaired) electrons. The van der Waals surface area contributed by atoms with Gasteiger partial charge in [-0.1, -0.05) is 18.2 Å². The summed E-state index contributed by atoms with van der Waals surface area (Å²) in [5.41, 5.74) is 1.64. The second-order valence-corrected chi connectivity index (χ2v) is 3.87. The fraction of sp³-hybridized carbons (Fsp3) is 0.385. The van der Waals surface area contributed by atoms with E-state index >= 15 is 0 Å². The third kappa shape index (κ3) is 3.76. The predicted octanol–water partition coefficient (Wildman–Crippen LogP) is 2.58. The molecule has 5 heteroatoms. The molecule has 0 aromatic heterocycles. The van der Waals surface area contributed by atoms with E-state index in [0.29, 0.717) is 18.8 Å². The van der Waals surface area contributed by atoms with Gasteiger partial charge in [-0.2, -0.15) is 0 Å². The number of rotatable bonds is 3. The number of benzene rings is 1. The Balaban J connectivity index is 2.57. The largest absolute Gasteiger partial charge is 0.327 e. The maximum atomic E-state index is 11.6. The average molecular weight is 249 g/mol. The number of anilines is 1. The van der Waals surface area contributed by atoms with E-state index in [1.54, 1.807) is 6.07 Å². The molecule has 5 nitrogen and oxygen atoms in total. The van der Waals surface area contributed by atoms with Gasteiger partial charge >= 0.3 is 12.1 Å². The number of amides is 4. The Morgan fingerprint density at radius 3 is 2.33 bits per heavy atom. The molecule has 1 rings (SSSR count). The van der Waals surface area contributed by atoms with Crippen LogP contribution in [0, 0.1) is 6.92 Å². The number of hydrogen-bond acceptors (Lipinski definition) is 2. The monoisotopic (exact) mass is 249 g/mol. The number of urea groups is 2. The Morgan fingerprint density at radius 2 is 1.78 bits per heavy atom. The minimum absolute atomic E-state index is 0.383. The Kier molecular flexibility index (Phi) is 5.17. The lowest BCUT2D eigenvalue weighted by Crippen LogP contribution is -2.44. The van der Waals surface area contributed by atoms with Crippen LogP contribution >= 0.6 is 0 Å². The van der Waals surface area contributed by atoms with Crippen LogP contribution in [-0.4, -0.2) is 30.1 Å². The van der Waals surface area contributed by atoms with Gasteiger partial charge in [-0.3, -0.25) is 5.32 Å². The van der Waals surface area contributed by atoms with Crippen LogP contribution in [0.4, 0.5) is 15.3 Å². The van der Waals surface area contributed by atoms with Crippen molar-refractivity contribution in [1.29, 1.82) is 0 Å². The molecule has 0 aliphatic carbocycles. The Bertz CT molecular complexity index is 428. The van der Waals surface area contributed by atoms with E-state index in [2.05, 4.69) is 10.6 Å². The van der Waals surface area contributed by atoms with E-state index in [4.69, 9.17) is 0 Å². The Labute approximate surface area is 107 Å². The van der Waals surface area contributed by atoms with E-state index in [1.807, 2.05) is 39.0 Å². The number of aryl methyl sites for hydroxylation is 1. The number of carbonyl (C=O) groups is 2. The highest BCUT2D eigenvalue weighted by molar-refractivity contribution is 6.00. The molecule has 0 aliphatic heterocycles. The number of para-hydroxylation sites is 1. The maximum Gasteiger partial charge on any atom is 0.327 e. The van der Waals surface area contributed by atoms with Crippen LogP contribution < -0.4 is 10.6 Å². The predicted molar refractivity (Wildman–Crippen MR) is 71.7 cm³/mol. The second kappa shape index (κ2) is 6.64. The molecule has 0 spiro atoms. The van der Waals surface area contributed by atoms with Crippen LogP contribution in [0.5, 0.6) is 0 Å². The van der Waals surface area contributed by atoms with Gasteiger partial charge in [0.2, 0.25) is 0 Å². The van der Waals surface area contributed by atoms with Gasteiger partial charge in [0.15, 0.2) is 0 Å². The lowest BCUT2D eigenvalue weighted by Gasteiger charge is -2.18. The van der Waals surface area contributed by atoms with Gasteiger partial charge in [0, 0.05) is 18.8 Å². The van der Waals surface area contributed by atoms with Crippen LogP contribution in [0.1, 0.15) is 19.4 Å². The number of hydrogen-bond donors (Lipinski definition) is 2. The van der Waals surface area contributed by atoms with Gasteiger partial charge in [0.05, 0.1) is 0 Å². The van der Waals surface area contributed by atoms with E-state index < -0.39 is 6.03 Å². The maximum absolute atomic E-state index is 11.6. The van der Waals surface area contributed by atoms with Crippen LogP contribution in [0.2, 0.25) is 0 Å². The number of nitrogens with zero attached hydrogens (tertiary/aromatic N) is 1. The van der Waals surface area contributed by atoms with Crippen molar-refractivity contribution in [1.82, 2.24) is 10.2 Å². The lowest BCUT2D eigenvalue weighted by atomic mass is 10.2. The summed E-state index contributed by atoms with van der Waals surface area (Å²) in [5, 5.41) is 4.94. The molecule has 0 saturated heterocycles. The van der Waals surface area contributed by atoms with Crippen molar-refractivity contribution in [2.45, 2.75) is 20.8 Å². The molecule has 2 N–H and O–H groups in total. The Hall–Kier alpha value is -2.04. The van der Waals surface area contributed by atoms with E-state index in [1.165, 1.54) is 4.90 Å². The van der Waals surface area contributed by atoms with Crippen LogP contribution in [0.15, 0.2) is 24.3 Å². The highest BCUT2D eigenvalue weighted by atomic mass is 16.2. The summed E-state index contributed by atoms with van der Waals surface area (Å²) in [5.74, 6) is 0. The topological polar surface area (TPSA) is 61.4 Å². The molecule has 1 aromatic carbocycles. The molecule has 0 heterocycles. The first-order valence-electron chi connectivity index (χ1n) is 6.01. The summed E-state index contributed by atoms with van der Waals surface area (Å²) >= 11 is 0. The molecule has 0 aliphatic rings. The normalized spacial score (nSPS) is 9.72. The van der Waals surface area contributed by atoms with Crippen LogP contribution in [0.25, 0.3) is 0 Å². The van der Waals surface area contributed by atoms with Gasteiger partial charge in [0.1, 0.15) is 0 Å². The average Bonchev–Trinajstić information content (AvgIpc) is 2.33. The molecule has 0 saturated carbocycles. The minimum atomic E-state index is -0.513. The fourth-order valence-electron chi connectivity index (χ4n) is 1.55. The summed E-state index contributed by atoms with van der Waals surface area (Å²) in [6.07, 6.45) is 0. The third-order valence-electron chi connectivity index (χ3n) is 2.66. The lowest BCUT2D eigenvalue weighted by molar-refractivity contribution is 0.202.